The van der Waals surface area contributed by atoms with Crippen LogP contribution in [0.1, 0.15) is 56.0 Å². The number of halogens is 1. The van der Waals surface area contributed by atoms with E-state index in [1.165, 1.54) is 31.2 Å². The lowest BCUT2D eigenvalue weighted by atomic mass is 10.0. The average Bonchev–Trinajstić information content (AvgIpc) is 3.19. The van der Waals surface area contributed by atoms with E-state index in [4.69, 9.17) is 21.1 Å². The van der Waals surface area contributed by atoms with Crippen LogP contribution >= 0.6 is 11.6 Å². The molecule has 1 aromatic heterocycles. The molecule has 0 amide bonds. The van der Waals surface area contributed by atoms with E-state index in [1.54, 1.807) is 0 Å². The maximum absolute atomic E-state index is 6.10. The largest absolute Gasteiger partial charge is 0.494 e. The van der Waals surface area contributed by atoms with Gasteiger partial charge >= 0.3 is 0 Å². The Morgan fingerprint density at radius 3 is 2.63 bits per heavy atom. The van der Waals surface area contributed by atoms with Gasteiger partial charge in [0, 0.05) is 11.4 Å². The highest BCUT2D eigenvalue weighted by Gasteiger charge is 2.21. The highest BCUT2D eigenvalue weighted by atomic mass is 35.5. The molecule has 0 fully saturated rings. The van der Waals surface area contributed by atoms with E-state index in [0.29, 0.717) is 6.61 Å². The van der Waals surface area contributed by atoms with Crippen molar-refractivity contribution in [1.82, 2.24) is 9.55 Å². The molecule has 0 atom stereocenters. The van der Waals surface area contributed by atoms with Crippen molar-refractivity contribution >= 4 is 11.6 Å². The Balaban J connectivity index is 1.41. The molecule has 0 saturated heterocycles. The van der Waals surface area contributed by atoms with Crippen LogP contribution in [-0.4, -0.2) is 16.2 Å². The van der Waals surface area contributed by atoms with Gasteiger partial charge in [-0.05, 0) is 54.3 Å². The predicted octanol–water partition coefficient (Wildman–Crippen LogP) is 6.55. The second kappa shape index (κ2) is 10.0. The maximum Gasteiger partial charge on any atom is 0.218 e. The van der Waals surface area contributed by atoms with Crippen molar-refractivity contribution in [3.8, 4) is 17.3 Å². The monoisotopic (exact) mass is 424 g/mol. The number of hydrogen-bond donors (Lipinski definition) is 0. The van der Waals surface area contributed by atoms with E-state index >= 15 is 0 Å². The molecule has 0 spiro atoms. The summed E-state index contributed by atoms with van der Waals surface area (Å²) in [5.41, 5.74) is 3.49. The van der Waals surface area contributed by atoms with Crippen molar-refractivity contribution in [2.24, 2.45) is 0 Å². The van der Waals surface area contributed by atoms with Gasteiger partial charge in [-0.15, -0.1) is 0 Å². The smallest absolute Gasteiger partial charge is 0.218 e. The van der Waals surface area contributed by atoms with Gasteiger partial charge in [-0.2, -0.15) is 0 Å². The number of ether oxygens (including phenoxy) is 2. The topological polar surface area (TPSA) is 36.3 Å². The fourth-order valence-corrected chi connectivity index (χ4v) is 3.98. The van der Waals surface area contributed by atoms with Gasteiger partial charge < -0.3 is 9.47 Å². The molecule has 1 aliphatic rings. The third-order valence-corrected chi connectivity index (χ3v) is 5.78. The third-order valence-electron chi connectivity index (χ3n) is 5.53. The van der Waals surface area contributed by atoms with Crippen molar-refractivity contribution in [2.75, 3.05) is 6.61 Å². The molecule has 158 valence electrons. The summed E-state index contributed by atoms with van der Waals surface area (Å²) >= 11 is 5.97. The molecule has 0 bridgehead atoms. The first-order valence-corrected chi connectivity index (χ1v) is 11.3. The van der Waals surface area contributed by atoms with Crippen molar-refractivity contribution in [3.63, 3.8) is 0 Å². The Labute approximate surface area is 183 Å². The van der Waals surface area contributed by atoms with Gasteiger partial charge in [0.15, 0.2) is 0 Å². The molecule has 0 aliphatic carbocycles. The highest BCUT2D eigenvalue weighted by Crippen LogP contribution is 2.32. The van der Waals surface area contributed by atoms with Crippen molar-refractivity contribution in [2.45, 2.75) is 58.5 Å². The standard InChI is InChI=1S/C25H29ClN2O2/c1-2-3-4-5-6-15-29-22-12-13-23-20(16-22)9-14-24-27-17-25(28(23)24)30-18-19-7-10-21(26)11-8-19/h7-8,10-13,16-17H,2-6,9,14-15,18H2,1H3. The molecule has 0 unspecified atom stereocenters. The molecular formula is C25H29ClN2O2. The lowest BCUT2D eigenvalue weighted by Gasteiger charge is -2.21. The summed E-state index contributed by atoms with van der Waals surface area (Å²) in [7, 11) is 0. The summed E-state index contributed by atoms with van der Waals surface area (Å²) in [6.45, 7) is 3.51. The van der Waals surface area contributed by atoms with Crippen LogP contribution in [0.5, 0.6) is 11.6 Å². The van der Waals surface area contributed by atoms with Gasteiger partial charge in [-0.1, -0.05) is 56.3 Å². The Kier molecular flexibility index (Phi) is 6.96. The van der Waals surface area contributed by atoms with E-state index in [-0.39, 0.29) is 0 Å². The molecule has 4 rings (SSSR count). The van der Waals surface area contributed by atoms with Crippen LogP contribution in [0.3, 0.4) is 0 Å². The lowest BCUT2D eigenvalue weighted by Crippen LogP contribution is -2.14. The normalized spacial score (nSPS) is 12.3. The van der Waals surface area contributed by atoms with Gasteiger partial charge in [-0.25, -0.2) is 4.98 Å². The molecule has 0 saturated carbocycles. The highest BCUT2D eigenvalue weighted by molar-refractivity contribution is 6.30. The zero-order chi connectivity index (χ0) is 20.8. The number of benzene rings is 2. The number of aromatic nitrogens is 2. The Bertz CT molecular complexity index is 966. The molecule has 1 aliphatic heterocycles. The average molecular weight is 425 g/mol. The quantitative estimate of drug-likeness (QED) is 0.346. The molecule has 4 nitrogen and oxygen atoms in total. The van der Waals surface area contributed by atoms with Crippen LogP contribution in [-0.2, 0) is 19.4 Å². The summed E-state index contributed by atoms with van der Waals surface area (Å²) in [6, 6.07) is 14.1. The summed E-state index contributed by atoms with van der Waals surface area (Å²) in [6.07, 6.45) is 9.93. The molecule has 0 N–H and O–H groups in total. The van der Waals surface area contributed by atoms with Crippen LogP contribution in [0.2, 0.25) is 5.02 Å². The first kappa shape index (κ1) is 20.8. The van der Waals surface area contributed by atoms with Gasteiger partial charge in [0.25, 0.3) is 0 Å². The zero-order valence-corrected chi connectivity index (χ0v) is 18.3. The fourth-order valence-electron chi connectivity index (χ4n) is 3.86. The number of nitrogens with zero attached hydrogens (tertiary/aromatic N) is 2. The molecule has 2 aromatic carbocycles. The van der Waals surface area contributed by atoms with Gasteiger partial charge in [0.1, 0.15) is 18.2 Å². The SMILES string of the molecule is CCCCCCCOc1ccc2c(c1)CCc1ncc(OCc3ccc(Cl)cc3)n1-2. The first-order chi connectivity index (χ1) is 14.7. The number of fused-ring (bicyclic) bond motifs is 3. The number of rotatable bonds is 10. The fraction of sp³-hybridized carbons (Fsp3) is 0.400. The van der Waals surface area contributed by atoms with Gasteiger partial charge in [-0.3, -0.25) is 4.57 Å². The van der Waals surface area contributed by atoms with E-state index in [0.717, 1.165) is 59.6 Å². The number of imidazole rings is 1. The Morgan fingerprint density at radius 2 is 1.80 bits per heavy atom. The second-order valence-corrected chi connectivity index (χ2v) is 8.25. The van der Waals surface area contributed by atoms with Gasteiger partial charge in [0.05, 0.1) is 18.5 Å². The summed E-state index contributed by atoms with van der Waals surface area (Å²) in [5.74, 6) is 2.76. The molecule has 30 heavy (non-hydrogen) atoms. The summed E-state index contributed by atoms with van der Waals surface area (Å²) < 4.78 is 14.2. The number of aryl methyl sites for hydroxylation is 2. The van der Waals surface area contributed by atoms with Crippen molar-refractivity contribution < 1.29 is 9.47 Å². The number of hydrogen-bond acceptors (Lipinski definition) is 3. The van der Waals surface area contributed by atoms with E-state index in [9.17, 15) is 0 Å². The zero-order valence-electron chi connectivity index (χ0n) is 17.6. The minimum Gasteiger partial charge on any atom is -0.494 e. The van der Waals surface area contributed by atoms with Gasteiger partial charge in [0.2, 0.25) is 5.88 Å². The van der Waals surface area contributed by atoms with Crippen molar-refractivity contribution in [3.05, 3.63) is 70.6 Å². The van der Waals surface area contributed by atoms with Crippen molar-refractivity contribution in [1.29, 1.82) is 0 Å². The predicted molar refractivity (Wildman–Crippen MR) is 121 cm³/mol. The van der Waals surface area contributed by atoms with Crippen LogP contribution in [0.25, 0.3) is 5.69 Å². The van der Waals surface area contributed by atoms with E-state index in [1.807, 2.05) is 30.5 Å². The first-order valence-electron chi connectivity index (χ1n) is 10.9. The molecule has 3 aromatic rings. The number of unbranched alkanes of at least 4 members (excludes halogenated alkanes) is 4. The van der Waals surface area contributed by atoms with Crippen LogP contribution < -0.4 is 9.47 Å². The lowest BCUT2D eigenvalue weighted by molar-refractivity contribution is 0.286. The molecule has 2 heterocycles. The molecule has 0 radical (unpaired) electrons. The van der Waals surface area contributed by atoms with Crippen LogP contribution in [0.4, 0.5) is 0 Å². The second-order valence-electron chi connectivity index (χ2n) is 7.82. The maximum atomic E-state index is 6.10. The van der Waals surface area contributed by atoms with E-state index in [2.05, 4.69) is 34.7 Å². The van der Waals surface area contributed by atoms with Crippen LogP contribution in [0, 0.1) is 0 Å². The Hall–Kier alpha value is -2.46. The Morgan fingerprint density at radius 1 is 0.967 bits per heavy atom. The summed E-state index contributed by atoms with van der Waals surface area (Å²) in [5, 5.41) is 0.730. The molecule has 5 heteroatoms. The van der Waals surface area contributed by atoms with Crippen LogP contribution in [0.15, 0.2) is 48.7 Å². The summed E-state index contributed by atoms with van der Waals surface area (Å²) in [4.78, 5) is 4.58. The minimum atomic E-state index is 0.483. The molecular weight excluding hydrogens is 396 g/mol. The minimum absolute atomic E-state index is 0.483. The third kappa shape index (κ3) is 4.99. The van der Waals surface area contributed by atoms with E-state index < -0.39 is 0 Å².